The van der Waals surface area contributed by atoms with E-state index in [1.165, 1.54) is 0 Å². The van der Waals surface area contributed by atoms with Gasteiger partial charge < -0.3 is 19.8 Å². The molecule has 0 radical (unpaired) electrons. The Morgan fingerprint density at radius 1 is 1.42 bits per heavy atom. The standard InChI is InChI=1S/C13H13N3O3/c17-13(16-7-12-14-5-6-15-12)11-8-18-9-3-1-2-4-10(9)19-11/h1-6,11H,7-8H2,(H,14,15)(H,16,17). The number of rotatable bonds is 3. The van der Waals surface area contributed by atoms with Crippen molar-refractivity contribution in [3.63, 3.8) is 0 Å². The second kappa shape index (κ2) is 5.01. The van der Waals surface area contributed by atoms with E-state index in [-0.39, 0.29) is 12.5 Å². The molecule has 1 unspecified atom stereocenters. The third kappa shape index (κ3) is 2.52. The third-order valence-electron chi connectivity index (χ3n) is 2.79. The Hall–Kier alpha value is -2.50. The van der Waals surface area contributed by atoms with E-state index >= 15 is 0 Å². The van der Waals surface area contributed by atoms with Crippen LogP contribution in [0.2, 0.25) is 0 Å². The van der Waals surface area contributed by atoms with E-state index in [9.17, 15) is 4.79 Å². The number of aromatic nitrogens is 2. The van der Waals surface area contributed by atoms with Crippen molar-refractivity contribution in [3.8, 4) is 11.5 Å². The molecule has 98 valence electrons. The number of ether oxygens (including phenoxy) is 2. The van der Waals surface area contributed by atoms with Crippen molar-refractivity contribution >= 4 is 5.91 Å². The number of nitrogens with zero attached hydrogens (tertiary/aromatic N) is 1. The highest BCUT2D eigenvalue weighted by atomic mass is 16.6. The molecule has 6 nitrogen and oxygen atoms in total. The number of carbonyl (C=O) groups excluding carboxylic acids is 1. The van der Waals surface area contributed by atoms with E-state index in [1.807, 2.05) is 18.2 Å². The summed E-state index contributed by atoms with van der Waals surface area (Å²) in [6.07, 6.45) is 2.71. The van der Waals surface area contributed by atoms with Gasteiger partial charge in [0.05, 0.1) is 6.54 Å². The zero-order valence-electron chi connectivity index (χ0n) is 10.1. The van der Waals surface area contributed by atoms with Crippen LogP contribution in [0.15, 0.2) is 36.7 Å². The molecule has 2 aromatic rings. The number of hydrogen-bond acceptors (Lipinski definition) is 4. The van der Waals surface area contributed by atoms with E-state index in [0.717, 1.165) is 0 Å². The van der Waals surface area contributed by atoms with Crippen LogP contribution in [0.5, 0.6) is 11.5 Å². The Kier molecular flexibility index (Phi) is 3.06. The number of fused-ring (bicyclic) bond motifs is 1. The van der Waals surface area contributed by atoms with Crippen molar-refractivity contribution in [2.45, 2.75) is 12.6 Å². The fraction of sp³-hybridized carbons (Fsp3) is 0.231. The van der Waals surface area contributed by atoms with Crippen LogP contribution in [0.25, 0.3) is 0 Å². The summed E-state index contributed by atoms with van der Waals surface area (Å²) in [6, 6.07) is 7.29. The number of carbonyl (C=O) groups is 1. The molecule has 19 heavy (non-hydrogen) atoms. The second-order valence-electron chi connectivity index (χ2n) is 4.12. The van der Waals surface area contributed by atoms with Gasteiger partial charge in [-0.2, -0.15) is 0 Å². The molecule has 3 rings (SSSR count). The average molecular weight is 259 g/mol. The van der Waals surface area contributed by atoms with Gasteiger partial charge >= 0.3 is 0 Å². The maximum Gasteiger partial charge on any atom is 0.265 e. The summed E-state index contributed by atoms with van der Waals surface area (Å²) in [5, 5.41) is 2.75. The van der Waals surface area contributed by atoms with Crippen LogP contribution in [0.1, 0.15) is 5.82 Å². The molecule has 1 aliphatic heterocycles. The Morgan fingerprint density at radius 3 is 3.05 bits per heavy atom. The Labute approximate surface area is 109 Å². The zero-order valence-corrected chi connectivity index (χ0v) is 10.1. The van der Waals surface area contributed by atoms with Crippen molar-refractivity contribution in [1.82, 2.24) is 15.3 Å². The summed E-state index contributed by atoms with van der Waals surface area (Å²) in [6.45, 7) is 0.550. The lowest BCUT2D eigenvalue weighted by molar-refractivity contribution is -0.130. The molecule has 6 heteroatoms. The highest BCUT2D eigenvalue weighted by Crippen LogP contribution is 2.30. The minimum Gasteiger partial charge on any atom is -0.485 e. The molecule has 0 aliphatic carbocycles. The Morgan fingerprint density at radius 2 is 2.26 bits per heavy atom. The van der Waals surface area contributed by atoms with Gasteiger partial charge in [-0.1, -0.05) is 12.1 Å². The monoisotopic (exact) mass is 259 g/mol. The summed E-state index contributed by atoms with van der Waals surface area (Å²) in [5.74, 6) is 1.74. The molecule has 2 N–H and O–H groups in total. The maximum absolute atomic E-state index is 11.9. The Balaban J connectivity index is 1.60. The molecule has 0 spiro atoms. The van der Waals surface area contributed by atoms with Crippen LogP contribution in [-0.2, 0) is 11.3 Å². The van der Waals surface area contributed by atoms with Crippen molar-refractivity contribution in [2.75, 3.05) is 6.61 Å². The van der Waals surface area contributed by atoms with Gasteiger partial charge in [0, 0.05) is 12.4 Å². The SMILES string of the molecule is O=C(NCc1ncc[nH]1)C1COc2ccccc2O1. The summed E-state index contributed by atoms with van der Waals surface area (Å²) < 4.78 is 11.1. The van der Waals surface area contributed by atoms with Gasteiger partial charge in [0.1, 0.15) is 12.4 Å². The fourth-order valence-electron chi connectivity index (χ4n) is 1.83. The molecule has 1 aliphatic rings. The summed E-state index contributed by atoms with van der Waals surface area (Å²) in [5.41, 5.74) is 0. The molecular weight excluding hydrogens is 246 g/mol. The number of H-pyrrole nitrogens is 1. The quantitative estimate of drug-likeness (QED) is 0.857. The normalized spacial score (nSPS) is 16.9. The highest BCUT2D eigenvalue weighted by molar-refractivity contribution is 5.81. The number of benzene rings is 1. The first kappa shape index (κ1) is 11.6. The van der Waals surface area contributed by atoms with E-state index in [0.29, 0.717) is 23.9 Å². The lowest BCUT2D eigenvalue weighted by Crippen LogP contribution is -2.43. The van der Waals surface area contributed by atoms with Gasteiger partial charge in [-0.25, -0.2) is 4.98 Å². The van der Waals surface area contributed by atoms with Crippen molar-refractivity contribution in [1.29, 1.82) is 0 Å². The number of imidazole rings is 1. The third-order valence-corrected chi connectivity index (χ3v) is 2.79. The van der Waals surface area contributed by atoms with Crippen LogP contribution >= 0.6 is 0 Å². The summed E-state index contributed by atoms with van der Waals surface area (Å²) in [7, 11) is 0. The molecule has 0 saturated heterocycles. The maximum atomic E-state index is 11.9. The van der Waals surface area contributed by atoms with Crippen LogP contribution in [0.4, 0.5) is 0 Å². The molecule has 0 saturated carbocycles. The predicted molar refractivity (Wildman–Crippen MR) is 66.8 cm³/mol. The number of amides is 1. The van der Waals surface area contributed by atoms with Gasteiger partial charge in [-0.3, -0.25) is 4.79 Å². The Bertz CT molecular complexity index is 568. The largest absolute Gasteiger partial charge is 0.485 e. The number of nitrogens with one attached hydrogen (secondary N) is 2. The highest BCUT2D eigenvalue weighted by Gasteiger charge is 2.26. The summed E-state index contributed by atoms with van der Waals surface area (Å²) in [4.78, 5) is 18.9. The molecule has 1 atom stereocenters. The van der Waals surface area contributed by atoms with Crippen LogP contribution < -0.4 is 14.8 Å². The summed E-state index contributed by atoms with van der Waals surface area (Å²) >= 11 is 0. The fourth-order valence-corrected chi connectivity index (χ4v) is 1.83. The number of aromatic amines is 1. The molecule has 0 fully saturated rings. The van der Waals surface area contributed by atoms with E-state index in [4.69, 9.17) is 9.47 Å². The predicted octanol–water partition coefficient (Wildman–Crippen LogP) is 0.866. The first-order valence-corrected chi connectivity index (χ1v) is 5.97. The van der Waals surface area contributed by atoms with Crippen molar-refractivity contribution < 1.29 is 14.3 Å². The van der Waals surface area contributed by atoms with Crippen LogP contribution in [-0.4, -0.2) is 28.6 Å². The molecule has 1 aromatic carbocycles. The second-order valence-corrected chi connectivity index (χ2v) is 4.12. The van der Waals surface area contributed by atoms with E-state index in [1.54, 1.807) is 18.5 Å². The molecule has 0 bridgehead atoms. The lowest BCUT2D eigenvalue weighted by Gasteiger charge is -2.25. The van der Waals surface area contributed by atoms with Crippen molar-refractivity contribution in [3.05, 3.63) is 42.5 Å². The van der Waals surface area contributed by atoms with Gasteiger partial charge in [0.15, 0.2) is 11.5 Å². The number of para-hydroxylation sites is 2. The van der Waals surface area contributed by atoms with Crippen LogP contribution in [0, 0.1) is 0 Å². The first-order chi connectivity index (χ1) is 9.33. The van der Waals surface area contributed by atoms with E-state index in [2.05, 4.69) is 15.3 Å². The van der Waals surface area contributed by atoms with E-state index < -0.39 is 6.10 Å². The zero-order chi connectivity index (χ0) is 13.1. The molecule has 2 heterocycles. The minimum absolute atomic E-state index is 0.209. The van der Waals surface area contributed by atoms with Gasteiger partial charge in [0.25, 0.3) is 5.91 Å². The minimum atomic E-state index is -0.634. The average Bonchev–Trinajstić information content (AvgIpc) is 2.97. The lowest BCUT2D eigenvalue weighted by atomic mass is 10.2. The van der Waals surface area contributed by atoms with Gasteiger partial charge in [-0.15, -0.1) is 0 Å². The van der Waals surface area contributed by atoms with Gasteiger partial charge in [-0.05, 0) is 12.1 Å². The topological polar surface area (TPSA) is 76.2 Å². The smallest absolute Gasteiger partial charge is 0.265 e. The van der Waals surface area contributed by atoms with Crippen LogP contribution in [0.3, 0.4) is 0 Å². The molecule has 1 amide bonds. The van der Waals surface area contributed by atoms with Gasteiger partial charge in [0.2, 0.25) is 6.10 Å². The van der Waals surface area contributed by atoms with Crippen molar-refractivity contribution in [2.24, 2.45) is 0 Å². The molecule has 1 aromatic heterocycles. The molecular formula is C13H13N3O3. The number of hydrogen-bond donors (Lipinski definition) is 2. The first-order valence-electron chi connectivity index (χ1n) is 5.97.